The highest BCUT2D eigenvalue weighted by Gasteiger charge is 2.24. The number of hydrogen-bond acceptors (Lipinski definition) is 18. The van der Waals surface area contributed by atoms with Crippen LogP contribution in [0.2, 0.25) is 0 Å². The quantitative estimate of drug-likeness (QED) is 0.0161. The molecule has 0 amide bonds. The number of nitrogens with zero attached hydrogens (tertiary/aromatic N) is 4. The predicted octanol–water partition coefficient (Wildman–Crippen LogP) is 4.47. The second-order valence-electron chi connectivity index (χ2n) is 10.5. The van der Waals surface area contributed by atoms with Gasteiger partial charge in [-0.05, 0) is 83.4 Å². The molecule has 296 valence electrons. The highest BCUT2D eigenvalue weighted by molar-refractivity contribution is 8.04. The zero-order chi connectivity index (χ0) is 39.9. The van der Waals surface area contributed by atoms with Gasteiger partial charge in [0.1, 0.15) is 26.9 Å². The Kier molecular flexibility index (Phi) is 14.8. The average molecular weight is 863 g/mol. The number of ether oxygens (including phenoxy) is 1. The Morgan fingerprint density at radius 3 is 2.07 bits per heavy atom. The van der Waals surface area contributed by atoms with Gasteiger partial charge in [0.2, 0.25) is 0 Å². The van der Waals surface area contributed by atoms with Gasteiger partial charge in [0.05, 0.1) is 27.7 Å². The van der Waals surface area contributed by atoms with E-state index in [1.807, 2.05) is 6.11 Å². The van der Waals surface area contributed by atoms with Gasteiger partial charge in [0.15, 0.2) is 15.9 Å². The first kappa shape index (κ1) is 44.6. The van der Waals surface area contributed by atoms with Gasteiger partial charge in [0, 0.05) is 28.7 Å². The van der Waals surface area contributed by atoms with Crippen LogP contribution in [0.15, 0.2) is 101 Å². The molecule has 0 saturated heterocycles. The van der Waals surface area contributed by atoms with E-state index in [2.05, 4.69) is 34.9 Å². The summed E-state index contributed by atoms with van der Waals surface area (Å²) in [7, 11) is -18.6. The molecule has 0 atom stereocenters. The summed E-state index contributed by atoms with van der Waals surface area (Å²) in [5.74, 6) is -0.153. The van der Waals surface area contributed by atoms with Gasteiger partial charge < -0.3 is 21.7 Å². The molecule has 4 aromatic rings. The molecule has 0 aliphatic rings. The summed E-state index contributed by atoms with van der Waals surface area (Å²) < 4.78 is 133. The van der Waals surface area contributed by atoms with Crippen molar-refractivity contribution in [3.05, 3.63) is 60.7 Å². The lowest BCUT2D eigenvalue weighted by Crippen LogP contribution is -2.09. The summed E-state index contributed by atoms with van der Waals surface area (Å²) in [4.78, 5) is 2.81. The minimum Gasteiger partial charge on any atom is -0.412 e. The normalized spacial score (nSPS) is 12.4. The number of anilines is 2. The molecule has 0 heterocycles. The standard InChI is InChI=1S/C29H28N6O14S5.H2O/c1-2-47-12-3-15-51(36,37)21-8-5-19(6-9-21)32-35-28-26(30)24(17-25(27(28)31)52(38,39)40)34-33-23-11-4-18-16-20(50-14-13-48-49-54(44,45)46)7-10-22(18)29(23)53(41,42)43;/h4-11,16-17H,2-3,12,15,30-31H2,1H3,(H,38,39,40)(H,41,42,43)(H,44,45,46);1H2. The van der Waals surface area contributed by atoms with Crippen molar-refractivity contribution in [2.24, 2.45) is 20.5 Å². The van der Waals surface area contributed by atoms with Crippen LogP contribution in [0.3, 0.4) is 0 Å². The number of nitrogens with two attached hydrogens (primary N) is 2. The number of sulfone groups is 1. The zero-order valence-electron chi connectivity index (χ0n) is 27.9. The van der Waals surface area contributed by atoms with Crippen LogP contribution in [0.4, 0.5) is 34.1 Å². The van der Waals surface area contributed by atoms with Gasteiger partial charge >= 0.3 is 10.4 Å². The lowest BCUT2D eigenvalue weighted by Gasteiger charge is -2.11. The smallest absolute Gasteiger partial charge is 0.412 e. The second kappa shape index (κ2) is 18.2. The number of benzene rings is 4. The summed E-state index contributed by atoms with van der Waals surface area (Å²) in [6.45, 7) is 2.52. The van der Waals surface area contributed by atoms with Gasteiger partial charge in [0.25, 0.3) is 20.2 Å². The minimum atomic E-state index is -5.04. The molecule has 9 N–H and O–H groups in total. The molecule has 0 radical (unpaired) electrons. The first-order valence-corrected chi connectivity index (χ1v) is 21.4. The summed E-state index contributed by atoms with van der Waals surface area (Å²) in [5, 5.41) is 18.1. The molecule has 26 heteroatoms. The molecule has 0 unspecified atom stereocenters. The fourth-order valence-corrected chi connectivity index (χ4v) is 7.85. The van der Waals surface area contributed by atoms with Crippen LogP contribution in [0.1, 0.15) is 13.3 Å². The Hall–Kier alpha value is -4.79. The number of nitrogen functional groups attached to an aromatic ring is 2. The van der Waals surface area contributed by atoms with Gasteiger partial charge in [-0.15, -0.1) is 15.3 Å². The molecular formula is C29H30N6O15S5. The van der Waals surface area contributed by atoms with Crippen LogP contribution >= 0.6 is 11.8 Å². The first-order valence-electron chi connectivity index (χ1n) is 14.7. The Bertz CT molecular complexity index is 2640. The highest BCUT2D eigenvalue weighted by Crippen LogP contribution is 2.44. The maximum Gasteiger partial charge on any atom is 0.433 e. The summed E-state index contributed by atoms with van der Waals surface area (Å²) in [5.41, 5.74) is 9.84. The topological polar surface area (TPSA) is 358 Å². The number of rotatable bonds is 15. The van der Waals surface area contributed by atoms with Gasteiger partial charge in [-0.25, -0.2) is 8.42 Å². The fourth-order valence-electron chi connectivity index (χ4n) is 4.45. The van der Waals surface area contributed by atoms with E-state index in [9.17, 15) is 42.8 Å². The third kappa shape index (κ3) is 12.1. The number of hydrogen-bond donors (Lipinski definition) is 5. The van der Waals surface area contributed by atoms with Crippen LogP contribution in [0.25, 0.3) is 10.8 Å². The van der Waals surface area contributed by atoms with Crippen molar-refractivity contribution in [3.8, 4) is 11.4 Å². The molecule has 0 spiro atoms. The Morgan fingerprint density at radius 2 is 1.45 bits per heavy atom. The number of thioether (sulfide) groups is 1. The molecule has 0 fully saturated rings. The molecule has 0 bridgehead atoms. The molecule has 4 rings (SSSR count). The predicted molar refractivity (Wildman–Crippen MR) is 198 cm³/mol. The summed E-state index contributed by atoms with van der Waals surface area (Å²) in [6.07, 6.45) is 2.14. The van der Waals surface area contributed by atoms with Gasteiger partial charge in [-0.2, -0.15) is 30.4 Å². The van der Waals surface area contributed by atoms with Gasteiger partial charge in [-0.1, -0.05) is 12.1 Å². The molecule has 0 aliphatic heterocycles. The van der Waals surface area contributed by atoms with Crippen LogP contribution in [0, 0.1) is 11.4 Å². The third-order valence-electron chi connectivity index (χ3n) is 6.78. The van der Waals surface area contributed by atoms with E-state index >= 15 is 0 Å². The molecule has 21 nitrogen and oxygen atoms in total. The van der Waals surface area contributed by atoms with E-state index in [0.29, 0.717) is 11.5 Å². The van der Waals surface area contributed by atoms with E-state index in [-0.39, 0.29) is 45.6 Å². The molecule has 4 aromatic carbocycles. The molecule has 55 heavy (non-hydrogen) atoms. The van der Waals surface area contributed by atoms with Gasteiger partial charge in [-0.3, -0.25) is 18.5 Å². The third-order valence-corrected chi connectivity index (χ3v) is 11.4. The molecular weight excluding hydrogens is 833 g/mol. The summed E-state index contributed by atoms with van der Waals surface area (Å²) >= 11 is 0.791. The van der Waals surface area contributed by atoms with Crippen molar-refractivity contribution in [1.29, 1.82) is 0 Å². The largest absolute Gasteiger partial charge is 0.433 e. The van der Waals surface area contributed by atoms with Crippen molar-refractivity contribution < 1.29 is 66.8 Å². The van der Waals surface area contributed by atoms with E-state index in [0.717, 1.165) is 23.9 Å². The lowest BCUT2D eigenvalue weighted by molar-refractivity contribution is -0.135. The fraction of sp³-hybridized carbons (Fsp3) is 0.172. The summed E-state index contributed by atoms with van der Waals surface area (Å²) in [6, 6.07) is 12.6. The van der Waals surface area contributed by atoms with Crippen molar-refractivity contribution in [2.75, 3.05) is 30.4 Å². The average Bonchev–Trinajstić information content (AvgIpc) is 3.08. The lowest BCUT2D eigenvalue weighted by atomic mass is 10.1. The van der Waals surface area contributed by atoms with Crippen molar-refractivity contribution in [1.82, 2.24) is 0 Å². The van der Waals surface area contributed by atoms with Crippen LogP contribution < -0.4 is 11.5 Å². The van der Waals surface area contributed by atoms with E-state index in [4.69, 9.17) is 20.8 Å². The Labute approximate surface area is 318 Å². The van der Waals surface area contributed by atoms with Crippen molar-refractivity contribution in [3.63, 3.8) is 0 Å². The Balaban J connectivity index is 0.00000812. The number of fused-ring (bicyclic) bond motifs is 1. The molecule has 0 saturated carbocycles. The highest BCUT2D eigenvalue weighted by atomic mass is 32.3. The van der Waals surface area contributed by atoms with E-state index < -0.39 is 78.7 Å². The maximum atomic E-state index is 12.6. The molecule has 0 aliphatic carbocycles. The molecule has 0 aromatic heterocycles. The van der Waals surface area contributed by atoms with Crippen LogP contribution in [0.5, 0.6) is 0 Å². The van der Waals surface area contributed by atoms with Crippen molar-refractivity contribution in [2.45, 2.75) is 32.9 Å². The Morgan fingerprint density at radius 1 is 0.782 bits per heavy atom. The zero-order valence-corrected chi connectivity index (χ0v) is 32.0. The van der Waals surface area contributed by atoms with Crippen LogP contribution in [-0.2, 0) is 54.4 Å². The second-order valence-corrected chi connectivity index (χ2v) is 17.2. The minimum absolute atomic E-state index is 0. The van der Waals surface area contributed by atoms with E-state index in [1.54, 1.807) is 6.92 Å². The van der Waals surface area contributed by atoms with E-state index in [1.165, 1.54) is 48.5 Å². The monoisotopic (exact) mass is 862 g/mol. The first-order chi connectivity index (χ1) is 25.2. The SMILES string of the molecule is CCOCCCS(=O)(=O)c1ccc(N=Nc2c(N)c(N=Nc3ccc4cc(SC#COOS(=O)(=O)O)ccc4c3S(=O)(=O)O)cc(S(=O)(=O)O)c2N)cc1.O. The maximum absolute atomic E-state index is 12.6. The van der Waals surface area contributed by atoms with Crippen LogP contribution in [-0.4, -0.2) is 71.8 Å². The van der Waals surface area contributed by atoms with Crippen molar-refractivity contribution >= 4 is 97.1 Å². The number of azo groups is 2.